The summed E-state index contributed by atoms with van der Waals surface area (Å²) in [5.74, 6) is 0. The Labute approximate surface area is 129 Å². The summed E-state index contributed by atoms with van der Waals surface area (Å²) in [6.07, 6.45) is 0. The molecule has 1 aliphatic heterocycles. The van der Waals surface area contributed by atoms with Crippen molar-refractivity contribution >= 4 is 24.8 Å². The lowest BCUT2D eigenvalue weighted by atomic mass is 9.87. The first-order valence-corrected chi connectivity index (χ1v) is 6.58. The van der Waals surface area contributed by atoms with Gasteiger partial charge in [-0.3, -0.25) is 4.90 Å². The molecule has 4 heteroatoms. The van der Waals surface area contributed by atoms with Crippen LogP contribution in [0.3, 0.4) is 0 Å². The molecular formula is C15H26Cl2N2. The number of rotatable bonds is 2. The highest BCUT2D eigenvalue weighted by Gasteiger charge is 2.14. The van der Waals surface area contributed by atoms with Crippen LogP contribution < -0.4 is 5.32 Å². The van der Waals surface area contributed by atoms with Gasteiger partial charge in [-0.15, -0.1) is 24.8 Å². The van der Waals surface area contributed by atoms with Gasteiger partial charge in [0.15, 0.2) is 0 Å². The van der Waals surface area contributed by atoms with E-state index < -0.39 is 0 Å². The molecule has 1 N–H and O–H groups in total. The molecule has 0 spiro atoms. The molecular weight excluding hydrogens is 279 g/mol. The van der Waals surface area contributed by atoms with Gasteiger partial charge in [0.1, 0.15) is 0 Å². The molecule has 1 heterocycles. The van der Waals surface area contributed by atoms with Gasteiger partial charge in [0, 0.05) is 32.7 Å². The van der Waals surface area contributed by atoms with Gasteiger partial charge in [-0.1, -0.05) is 45.0 Å². The van der Waals surface area contributed by atoms with Crippen molar-refractivity contribution in [2.75, 3.05) is 26.2 Å². The van der Waals surface area contributed by atoms with Crippen LogP contribution in [0.15, 0.2) is 24.3 Å². The summed E-state index contributed by atoms with van der Waals surface area (Å²) >= 11 is 0. The average Bonchev–Trinajstić information content (AvgIpc) is 2.30. The van der Waals surface area contributed by atoms with Gasteiger partial charge < -0.3 is 5.32 Å². The molecule has 0 radical (unpaired) electrons. The third kappa shape index (κ3) is 5.70. The molecule has 0 aliphatic carbocycles. The Morgan fingerprint density at radius 3 is 2.00 bits per heavy atom. The Hall–Kier alpha value is -0.280. The molecule has 2 nitrogen and oxygen atoms in total. The maximum Gasteiger partial charge on any atom is 0.0234 e. The number of hydrogen-bond donors (Lipinski definition) is 1. The van der Waals surface area contributed by atoms with Gasteiger partial charge in [-0.2, -0.15) is 0 Å². The lowest BCUT2D eigenvalue weighted by molar-refractivity contribution is 0.233. The number of piperazine rings is 1. The van der Waals surface area contributed by atoms with Crippen LogP contribution in [0.2, 0.25) is 0 Å². The summed E-state index contributed by atoms with van der Waals surface area (Å²) in [6, 6.07) is 9.11. The van der Waals surface area contributed by atoms with Crippen LogP contribution in [0, 0.1) is 0 Å². The molecule has 1 aromatic rings. The van der Waals surface area contributed by atoms with E-state index in [1.165, 1.54) is 24.2 Å². The van der Waals surface area contributed by atoms with E-state index >= 15 is 0 Å². The fourth-order valence-electron chi connectivity index (χ4n) is 2.24. The first-order chi connectivity index (χ1) is 8.05. The van der Waals surface area contributed by atoms with E-state index in [4.69, 9.17) is 0 Å². The molecule has 0 amide bonds. The standard InChI is InChI=1S/C15H24N2.2ClH/c1-15(2,3)14-6-4-13(5-7-14)12-17-10-8-16-9-11-17;;/h4-7,16H,8-12H2,1-3H3;2*1H. The molecule has 19 heavy (non-hydrogen) atoms. The third-order valence-electron chi connectivity index (χ3n) is 3.44. The van der Waals surface area contributed by atoms with Crippen molar-refractivity contribution in [3.8, 4) is 0 Å². The zero-order valence-corrected chi connectivity index (χ0v) is 13.7. The highest BCUT2D eigenvalue weighted by molar-refractivity contribution is 5.85. The fraction of sp³-hybridized carbons (Fsp3) is 0.600. The van der Waals surface area contributed by atoms with Crippen LogP contribution in [0.5, 0.6) is 0 Å². The minimum atomic E-state index is 0. The molecule has 0 bridgehead atoms. The van der Waals surface area contributed by atoms with E-state index in [0.29, 0.717) is 0 Å². The van der Waals surface area contributed by atoms with E-state index in [0.717, 1.165) is 19.6 Å². The van der Waals surface area contributed by atoms with E-state index in [-0.39, 0.29) is 30.2 Å². The van der Waals surface area contributed by atoms with E-state index in [1.54, 1.807) is 0 Å². The Morgan fingerprint density at radius 1 is 1.00 bits per heavy atom. The van der Waals surface area contributed by atoms with E-state index in [2.05, 4.69) is 55.3 Å². The monoisotopic (exact) mass is 304 g/mol. The second-order valence-corrected chi connectivity index (χ2v) is 5.97. The maximum atomic E-state index is 3.39. The molecule has 0 aromatic heterocycles. The van der Waals surface area contributed by atoms with Crippen molar-refractivity contribution in [3.05, 3.63) is 35.4 Å². The van der Waals surface area contributed by atoms with Crippen molar-refractivity contribution in [1.82, 2.24) is 10.2 Å². The van der Waals surface area contributed by atoms with Crippen LogP contribution in [0.4, 0.5) is 0 Å². The number of benzene rings is 1. The predicted octanol–water partition coefficient (Wildman–Crippen LogP) is 3.23. The fourth-order valence-corrected chi connectivity index (χ4v) is 2.24. The van der Waals surface area contributed by atoms with Crippen molar-refractivity contribution in [2.24, 2.45) is 0 Å². The molecule has 1 saturated heterocycles. The zero-order chi connectivity index (χ0) is 12.3. The van der Waals surface area contributed by atoms with E-state index in [9.17, 15) is 0 Å². The number of nitrogens with zero attached hydrogens (tertiary/aromatic N) is 1. The number of halogens is 2. The normalized spacial score (nSPS) is 16.4. The summed E-state index contributed by atoms with van der Waals surface area (Å²) in [7, 11) is 0. The second kappa shape index (κ2) is 8.11. The van der Waals surface area contributed by atoms with E-state index in [1.807, 2.05) is 0 Å². The predicted molar refractivity (Wildman–Crippen MR) is 87.8 cm³/mol. The van der Waals surface area contributed by atoms with Crippen molar-refractivity contribution < 1.29 is 0 Å². The lowest BCUT2D eigenvalue weighted by Crippen LogP contribution is -2.42. The molecule has 0 atom stereocenters. The van der Waals surface area contributed by atoms with Crippen LogP contribution in [0.25, 0.3) is 0 Å². The van der Waals surface area contributed by atoms with Crippen molar-refractivity contribution in [1.29, 1.82) is 0 Å². The highest BCUT2D eigenvalue weighted by Crippen LogP contribution is 2.22. The largest absolute Gasteiger partial charge is 0.314 e. The first kappa shape index (κ1) is 18.7. The van der Waals surface area contributed by atoms with Gasteiger partial charge in [-0.25, -0.2) is 0 Å². The number of nitrogens with one attached hydrogen (secondary N) is 1. The molecule has 110 valence electrons. The highest BCUT2D eigenvalue weighted by atomic mass is 35.5. The van der Waals surface area contributed by atoms with Crippen LogP contribution in [-0.2, 0) is 12.0 Å². The van der Waals surface area contributed by atoms with Gasteiger partial charge >= 0.3 is 0 Å². The SMILES string of the molecule is CC(C)(C)c1ccc(CN2CCNCC2)cc1.Cl.Cl. The Kier molecular flexibility index (Phi) is 7.99. The average molecular weight is 305 g/mol. The minimum absolute atomic E-state index is 0. The Morgan fingerprint density at radius 2 is 1.53 bits per heavy atom. The van der Waals surface area contributed by atoms with Gasteiger partial charge in [-0.05, 0) is 16.5 Å². The Bertz CT molecular complexity index is 351. The lowest BCUT2D eigenvalue weighted by Gasteiger charge is -2.27. The minimum Gasteiger partial charge on any atom is -0.314 e. The Balaban J connectivity index is 0.00000162. The summed E-state index contributed by atoms with van der Waals surface area (Å²) in [5.41, 5.74) is 3.11. The molecule has 2 rings (SSSR count). The topological polar surface area (TPSA) is 15.3 Å². The summed E-state index contributed by atoms with van der Waals surface area (Å²) in [5, 5.41) is 3.39. The first-order valence-electron chi connectivity index (χ1n) is 6.58. The van der Waals surface area contributed by atoms with Crippen LogP contribution >= 0.6 is 24.8 Å². The second-order valence-electron chi connectivity index (χ2n) is 5.97. The smallest absolute Gasteiger partial charge is 0.0234 e. The molecule has 1 fully saturated rings. The van der Waals surface area contributed by atoms with Crippen LogP contribution in [0.1, 0.15) is 31.9 Å². The van der Waals surface area contributed by atoms with Crippen molar-refractivity contribution in [2.45, 2.75) is 32.7 Å². The molecule has 1 aliphatic rings. The molecule has 1 aromatic carbocycles. The maximum absolute atomic E-state index is 3.39. The summed E-state index contributed by atoms with van der Waals surface area (Å²) in [6.45, 7) is 12.5. The molecule has 0 unspecified atom stereocenters. The van der Waals surface area contributed by atoms with Gasteiger partial charge in [0.2, 0.25) is 0 Å². The van der Waals surface area contributed by atoms with Crippen LogP contribution in [-0.4, -0.2) is 31.1 Å². The third-order valence-corrected chi connectivity index (χ3v) is 3.44. The quantitative estimate of drug-likeness (QED) is 0.902. The summed E-state index contributed by atoms with van der Waals surface area (Å²) in [4.78, 5) is 2.52. The summed E-state index contributed by atoms with van der Waals surface area (Å²) < 4.78 is 0. The zero-order valence-electron chi connectivity index (χ0n) is 12.1. The van der Waals surface area contributed by atoms with Gasteiger partial charge in [0.05, 0.1) is 0 Å². The number of hydrogen-bond acceptors (Lipinski definition) is 2. The van der Waals surface area contributed by atoms with Gasteiger partial charge in [0.25, 0.3) is 0 Å². The van der Waals surface area contributed by atoms with Crippen molar-refractivity contribution in [3.63, 3.8) is 0 Å². The molecule has 0 saturated carbocycles.